The second-order valence-electron chi connectivity index (χ2n) is 11.2. The van der Waals surface area contributed by atoms with Gasteiger partial charge in [0, 0.05) is 22.1 Å². The van der Waals surface area contributed by atoms with E-state index in [0.717, 1.165) is 22.3 Å². The lowest BCUT2D eigenvalue weighted by molar-refractivity contribution is 0.550. The molecule has 41 heavy (non-hydrogen) atoms. The number of fused-ring (bicyclic) bond motifs is 5. The Morgan fingerprint density at radius 1 is 0.390 bits per heavy atom. The monoisotopic (exact) mass is 527 g/mol. The third kappa shape index (κ3) is 3.92. The van der Waals surface area contributed by atoms with Crippen molar-refractivity contribution in [2.75, 3.05) is 0 Å². The van der Waals surface area contributed by atoms with Crippen LogP contribution in [0.5, 0.6) is 0 Å². The van der Waals surface area contributed by atoms with Crippen molar-refractivity contribution >= 4 is 0 Å². The number of hydrogen-bond acceptors (Lipinski definition) is 3. The molecule has 8 rings (SSSR count). The first-order valence-corrected chi connectivity index (χ1v) is 14.5. The second-order valence-corrected chi connectivity index (χ2v) is 11.2. The van der Waals surface area contributed by atoms with E-state index in [4.69, 9.17) is 15.0 Å². The van der Waals surface area contributed by atoms with Crippen molar-refractivity contribution in [3.8, 4) is 56.4 Å². The van der Waals surface area contributed by atoms with E-state index in [-0.39, 0.29) is 5.41 Å². The summed E-state index contributed by atoms with van der Waals surface area (Å²) in [6, 6.07) is 45.0. The minimum atomic E-state index is 0.174. The second kappa shape index (κ2) is 9.64. The van der Waals surface area contributed by atoms with Crippen LogP contribution in [-0.2, 0) is 5.41 Å². The number of benzene rings is 5. The van der Waals surface area contributed by atoms with Crippen molar-refractivity contribution < 1.29 is 0 Å². The van der Waals surface area contributed by atoms with Crippen LogP contribution >= 0.6 is 0 Å². The molecule has 3 heteroatoms. The summed E-state index contributed by atoms with van der Waals surface area (Å²) in [7, 11) is 0. The Labute approximate surface area is 240 Å². The summed E-state index contributed by atoms with van der Waals surface area (Å²) in [5.41, 5.74) is 11.2. The van der Waals surface area contributed by atoms with Gasteiger partial charge in [0.25, 0.3) is 0 Å². The lowest BCUT2D eigenvalue weighted by Gasteiger charge is -2.26. The molecule has 1 spiro atoms. The van der Waals surface area contributed by atoms with Crippen LogP contribution in [0.4, 0.5) is 0 Å². The standard InChI is InChI=1S/C38H29N3/c1-3-13-26(14-4-1)35-39-36(27-15-5-2-6-16-27)41-37(40-35)31-19-8-7-17-29(31)28-21-22-34-32(25-28)30-18-9-10-20-33(30)38(34)23-11-12-24-38/h1-10,13-22,25H,11-12,23-24H2. The van der Waals surface area contributed by atoms with Gasteiger partial charge in [-0.25, -0.2) is 15.0 Å². The number of hydrogen-bond donors (Lipinski definition) is 0. The topological polar surface area (TPSA) is 38.7 Å². The molecule has 2 aliphatic carbocycles. The average molecular weight is 528 g/mol. The highest BCUT2D eigenvalue weighted by atomic mass is 15.0. The number of aromatic nitrogens is 3. The lowest BCUT2D eigenvalue weighted by atomic mass is 9.76. The molecule has 6 aromatic rings. The van der Waals surface area contributed by atoms with Crippen LogP contribution in [0.2, 0.25) is 0 Å². The maximum Gasteiger partial charge on any atom is 0.164 e. The van der Waals surface area contributed by atoms with Crippen LogP contribution in [0.1, 0.15) is 36.8 Å². The van der Waals surface area contributed by atoms with E-state index in [2.05, 4.69) is 91.0 Å². The molecule has 0 bridgehead atoms. The minimum Gasteiger partial charge on any atom is -0.208 e. The summed E-state index contributed by atoms with van der Waals surface area (Å²) in [5, 5.41) is 0. The molecular weight excluding hydrogens is 498 g/mol. The van der Waals surface area contributed by atoms with Crippen LogP contribution in [0.15, 0.2) is 127 Å². The van der Waals surface area contributed by atoms with E-state index in [1.54, 1.807) is 0 Å². The van der Waals surface area contributed by atoms with Crippen LogP contribution in [0, 0.1) is 0 Å². The maximum absolute atomic E-state index is 5.03. The molecule has 0 aliphatic heterocycles. The van der Waals surface area contributed by atoms with Gasteiger partial charge in [0.15, 0.2) is 17.5 Å². The predicted molar refractivity (Wildman–Crippen MR) is 166 cm³/mol. The zero-order valence-electron chi connectivity index (χ0n) is 22.8. The van der Waals surface area contributed by atoms with Gasteiger partial charge in [-0.3, -0.25) is 0 Å². The molecule has 1 heterocycles. The van der Waals surface area contributed by atoms with Gasteiger partial charge in [-0.1, -0.05) is 134 Å². The van der Waals surface area contributed by atoms with Gasteiger partial charge in [0.1, 0.15) is 0 Å². The van der Waals surface area contributed by atoms with Gasteiger partial charge in [-0.2, -0.15) is 0 Å². The van der Waals surface area contributed by atoms with E-state index in [1.165, 1.54) is 53.5 Å². The molecular formula is C38H29N3. The molecule has 5 aromatic carbocycles. The first-order chi connectivity index (χ1) is 20.3. The smallest absolute Gasteiger partial charge is 0.164 e. The van der Waals surface area contributed by atoms with Gasteiger partial charge in [0.05, 0.1) is 0 Å². The van der Waals surface area contributed by atoms with Crippen molar-refractivity contribution in [1.29, 1.82) is 0 Å². The minimum absolute atomic E-state index is 0.174. The highest BCUT2D eigenvalue weighted by Crippen LogP contribution is 2.57. The average Bonchev–Trinajstić information content (AvgIpc) is 3.66. The number of rotatable bonds is 4. The van der Waals surface area contributed by atoms with Crippen molar-refractivity contribution in [2.24, 2.45) is 0 Å². The summed E-state index contributed by atoms with van der Waals surface area (Å²) < 4.78 is 0. The summed E-state index contributed by atoms with van der Waals surface area (Å²) >= 11 is 0. The Hall–Kier alpha value is -4.89. The van der Waals surface area contributed by atoms with Gasteiger partial charge in [-0.15, -0.1) is 0 Å². The fraction of sp³-hybridized carbons (Fsp3) is 0.132. The van der Waals surface area contributed by atoms with Crippen molar-refractivity contribution in [1.82, 2.24) is 15.0 Å². The van der Waals surface area contributed by atoms with Crippen LogP contribution in [0.3, 0.4) is 0 Å². The lowest BCUT2D eigenvalue weighted by Crippen LogP contribution is -2.20. The summed E-state index contributed by atoms with van der Waals surface area (Å²) in [6.07, 6.45) is 5.07. The third-order valence-corrected chi connectivity index (χ3v) is 8.90. The first kappa shape index (κ1) is 24.0. The van der Waals surface area contributed by atoms with Crippen LogP contribution in [-0.4, -0.2) is 15.0 Å². The Kier molecular flexibility index (Phi) is 5.63. The zero-order valence-corrected chi connectivity index (χ0v) is 22.8. The van der Waals surface area contributed by atoms with Crippen molar-refractivity contribution in [3.05, 3.63) is 139 Å². The SMILES string of the molecule is c1ccc(-c2nc(-c3ccccc3)nc(-c3ccccc3-c3ccc4c(c3)-c3ccccc3C43CCCC3)n2)cc1. The molecule has 2 aliphatic rings. The fourth-order valence-electron chi connectivity index (χ4n) is 7.01. The van der Waals surface area contributed by atoms with Crippen molar-refractivity contribution in [2.45, 2.75) is 31.1 Å². The highest BCUT2D eigenvalue weighted by Gasteiger charge is 2.44. The Morgan fingerprint density at radius 2 is 0.902 bits per heavy atom. The summed E-state index contributed by atoms with van der Waals surface area (Å²) in [4.78, 5) is 15.0. The Balaban J connectivity index is 1.30. The maximum atomic E-state index is 5.03. The Bertz CT molecular complexity index is 1830. The quantitative estimate of drug-likeness (QED) is 0.229. The van der Waals surface area contributed by atoms with Gasteiger partial charge >= 0.3 is 0 Å². The number of nitrogens with zero attached hydrogens (tertiary/aromatic N) is 3. The van der Waals surface area contributed by atoms with Crippen LogP contribution in [0.25, 0.3) is 56.4 Å². The molecule has 0 unspecified atom stereocenters. The molecule has 0 atom stereocenters. The Morgan fingerprint density at radius 3 is 1.56 bits per heavy atom. The molecule has 1 saturated carbocycles. The molecule has 0 amide bonds. The molecule has 3 nitrogen and oxygen atoms in total. The fourth-order valence-corrected chi connectivity index (χ4v) is 7.01. The predicted octanol–water partition coefficient (Wildman–Crippen LogP) is 9.38. The summed E-state index contributed by atoms with van der Waals surface area (Å²) in [6.45, 7) is 0. The van der Waals surface area contributed by atoms with Gasteiger partial charge in [-0.05, 0) is 52.3 Å². The zero-order chi connectivity index (χ0) is 27.2. The molecule has 0 N–H and O–H groups in total. The largest absolute Gasteiger partial charge is 0.208 e. The molecule has 0 radical (unpaired) electrons. The summed E-state index contributed by atoms with van der Waals surface area (Å²) in [5.74, 6) is 2.03. The van der Waals surface area contributed by atoms with E-state index < -0.39 is 0 Å². The molecule has 0 saturated heterocycles. The van der Waals surface area contributed by atoms with Crippen LogP contribution < -0.4 is 0 Å². The molecule has 1 aromatic heterocycles. The van der Waals surface area contributed by atoms with E-state index in [0.29, 0.717) is 17.5 Å². The third-order valence-electron chi connectivity index (χ3n) is 8.90. The first-order valence-electron chi connectivity index (χ1n) is 14.5. The van der Waals surface area contributed by atoms with Gasteiger partial charge in [0.2, 0.25) is 0 Å². The van der Waals surface area contributed by atoms with Gasteiger partial charge < -0.3 is 0 Å². The van der Waals surface area contributed by atoms with E-state index in [1.807, 2.05) is 36.4 Å². The van der Waals surface area contributed by atoms with E-state index >= 15 is 0 Å². The highest BCUT2D eigenvalue weighted by molar-refractivity contribution is 5.88. The van der Waals surface area contributed by atoms with Crippen molar-refractivity contribution in [3.63, 3.8) is 0 Å². The molecule has 196 valence electrons. The molecule has 1 fully saturated rings. The normalized spacial score (nSPS) is 14.6. The van der Waals surface area contributed by atoms with E-state index in [9.17, 15) is 0 Å².